The number of imidazole rings is 1. The fourth-order valence-electron chi connectivity index (χ4n) is 3.23. The SMILES string of the molecule is CCCc1ncc2c(n1)CCN(Cc1c(OC)nc3sccn13)C2. The highest BCUT2D eigenvalue weighted by Crippen LogP contribution is 2.26. The maximum Gasteiger partial charge on any atom is 0.237 e. The predicted octanol–water partition coefficient (Wildman–Crippen LogP) is 2.71. The van der Waals surface area contributed by atoms with Gasteiger partial charge in [0.05, 0.1) is 7.11 Å². The lowest BCUT2D eigenvalue weighted by Crippen LogP contribution is -2.31. The molecule has 3 aromatic heterocycles. The number of aryl methyl sites for hydroxylation is 1. The van der Waals surface area contributed by atoms with Gasteiger partial charge in [-0.2, -0.15) is 4.98 Å². The van der Waals surface area contributed by atoms with E-state index >= 15 is 0 Å². The van der Waals surface area contributed by atoms with Crippen molar-refractivity contribution in [2.75, 3.05) is 13.7 Å². The van der Waals surface area contributed by atoms with Crippen LogP contribution in [0.1, 0.15) is 36.1 Å². The van der Waals surface area contributed by atoms with E-state index in [0.29, 0.717) is 0 Å². The molecule has 0 spiro atoms. The average molecular weight is 343 g/mol. The van der Waals surface area contributed by atoms with Crippen molar-refractivity contribution in [1.29, 1.82) is 0 Å². The minimum Gasteiger partial charge on any atom is -0.480 e. The Morgan fingerprint density at radius 3 is 3.08 bits per heavy atom. The standard InChI is InChI=1S/C17H21N5OS/c1-3-4-15-18-9-12-10-21(6-5-13(12)19-15)11-14-16(23-2)20-17-22(14)7-8-24-17/h7-9H,3-6,10-11H2,1-2H3. The highest BCUT2D eigenvalue weighted by molar-refractivity contribution is 7.15. The molecule has 0 saturated carbocycles. The number of hydrogen-bond donors (Lipinski definition) is 0. The number of thiazole rings is 1. The number of hydrogen-bond acceptors (Lipinski definition) is 6. The van der Waals surface area contributed by atoms with Crippen molar-refractivity contribution in [3.8, 4) is 5.88 Å². The highest BCUT2D eigenvalue weighted by Gasteiger charge is 2.22. The Morgan fingerprint density at radius 1 is 1.33 bits per heavy atom. The van der Waals surface area contributed by atoms with Crippen LogP contribution in [0.25, 0.3) is 4.96 Å². The van der Waals surface area contributed by atoms with E-state index in [1.807, 2.05) is 6.20 Å². The third kappa shape index (κ3) is 2.78. The van der Waals surface area contributed by atoms with Crippen LogP contribution in [0.3, 0.4) is 0 Å². The van der Waals surface area contributed by atoms with Gasteiger partial charge >= 0.3 is 0 Å². The molecular formula is C17H21N5OS. The molecule has 0 aliphatic carbocycles. The zero-order chi connectivity index (χ0) is 16.5. The van der Waals surface area contributed by atoms with Crippen molar-refractivity contribution in [1.82, 2.24) is 24.3 Å². The third-order valence-electron chi connectivity index (χ3n) is 4.43. The minimum absolute atomic E-state index is 0.724. The van der Waals surface area contributed by atoms with E-state index in [4.69, 9.17) is 9.72 Å². The minimum atomic E-state index is 0.724. The number of fused-ring (bicyclic) bond motifs is 2. The first-order valence-electron chi connectivity index (χ1n) is 8.33. The van der Waals surface area contributed by atoms with Gasteiger partial charge in [-0.15, -0.1) is 11.3 Å². The molecule has 0 atom stereocenters. The Labute approximate surface area is 145 Å². The molecule has 4 heterocycles. The van der Waals surface area contributed by atoms with Crippen molar-refractivity contribution in [2.45, 2.75) is 39.3 Å². The first-order chi connectivity index (χ1) is 11.8. The Morgan fingerprint density at radius 2 is 2.25 bits per heavy atom. The Balaban J connectivity index is 1.55. The zero-order valence-electron chi connectivity index (χ0n) is 14.0. The lowest BCUT2D eigenvalue weighted by Gasteiger charge is -2.27. The second kappa shape index (κ2) is 6.49. The van der Waals surface area contributed by atoms with E-state index in [1.54, 1.807) is 18.4 Å². The Bertz CT molecular complexity index is 856. The number of methoxy groups -OCH3 is 1. The van der Waals surface area contributed by atoms with Crippen LogP contribution in [0, 0.1) is 0 Å². The molecule has 0 radical (unpaired) electrons. The van der Waals surface area contributed by atoms with Crippen molar-refractivity contribution < 1.29 is 4.74 Å². The molecule has 0 aromatic carbocycles. The summed E-state index contributed by atoms with van der Waals surface area (Å²) in [6.45, 7) is 4.85. The van der Waals surface area contributed by atoms with Crippen LogP contribution in [0.4, 0.5) is 0 Å². The van der Waals surface area contributed by atoms with Gasteiger partial charge in [0.1, 0.15) is 11.5 Å². The number of rotatable bonds is 5. The quantitative estimate of drug-likeness (QED) is 0.713. The molecule has 7 heteroatoms. The lowest BCUT2D eigenvalue weighted by atomic mass is 10.1. The van der Waals surface area contributed by atoms with Gasteiger partial charge in [0.15, 0.2) is 4.96 Å². The van der Waals surface area contributed by atoms with Crippen LogP contribution in [0.5, 0.6) is 5.88 Å². The molecule has 0 saturated heterocycles. The summed E-state index contributed by atoms with van der Waals surface area (Å²) in [5, 5.41) is 2.06. The van der Waals surface area contributed by atoms with Gasteiger partial charge in [-0.1, -0.05) is 6.92 Å². The summed E-state index contributed by atoms with van der Waals surface area (Å²) in [5.74, 6) is 1.70. The summed E-state index contributed by atoms with van der Waals surface area (Å²) in [4.78, 5) is 17.2. The Kier molecular flexibility index (Phi) is 4.20. The van der Waals surface area contributed by atoms with Crippen LogP contribution in [0.15, 0.2) is 17.8 Å². The fourth-order valence-corrected chi connectivity index (χ4v) is 3.95. The average Bonchev–Trinajstić information content (AvgIpc) is 3.17. The van der Waals surface area contributed by atoms with E-state index in [0.717, 1.165) is 61.3 Å². The summed E-state index contributed by atoms with van der Waals surface area (Å²) in [6, 6.07) is 0. The maximum atomic E-state index is 5.47. The molecule has 0 fully saturated rings. The molecule has 126 valence electrons. The molecule has 6 nitrogen and oxygen atoms in total. The van der Waals surface area contributed by atoms with E-state index in [9.17, 15) is 0 Å². The largest absolute Gasteiger partial charge is 0.480 e. The predicted molar refractivity (Wildman–Crippen MR) is 93.5 cm³/mol. The molecular weight excluding hydrogens is 322 g/mol. The second-order valence-corrected chi connectivity index (χ2v) is 6.97. The lowest BCUT2D eigenvalue weighted by molar-refractivity contribution is 0.235. The second-order valence-electron chi connectivity index (χ2n) is 6.09. The van der Waals surface area contributed by atoms with Gasteiger partial charge < -0.3 is 4.74 Å². The van der Waals surface area contributed by atoms with E-state index < -0.39 is 0 Å². The van der Waals surface area contributed by atoms with Gasteiger partial charge in [0.2, 0.25) is 5.88 Å². The molecule has 3 aromatic rings. The van der Waals surface area contributed by atoms with Crippen molar-refractivity contribution in [3.63, 3.8) is 0 Å². The molecule has 4 rings (SSSR count). The van der Waals surface area contributed by atoms with Crippen molar-refractivity contribution in [3.05, 3.63) is 40.5 Å². The molecule has 1 aliphatic rings. The summed E-state index contributed by atoms with van der Waals surface area (Å²) < 4.78 is 7.59. The van der Waals surface area contributed by atoms with Crippen LogP contribution in [0.2, 0.25) is 0 Å². The van der Waals surface area contributed by atoms with Crippen LogP contribution < -0.4 is 4.74 Å². The summed E-state index contributed by atoms with van der Waals surface area (Å²) in [5.41, 5.74) is 3.57. The number of aromatic nitrogens is 4. The Hall–Kier alpha value is -1.99. The first-order valence-corrected chi connectivity index (χ1v) is 9.21. The van der Waals surface area contributed by atoms with Gasteiger partial charge in [0, 0.05) is 61.5 Å². The van der Waals surface area contributed by atoms with Crippen molar-refractivity contribution in [2.24, 2.45) is 0 Å². The van der Waals surface area contributed by atoms with Crippen LogP contribution >= 0.6 is 11.3 Å². The normalized spacial score (nSPS) is 14.9. The number of ether oxygens (including phenoxy) is 1. The summed E-state index contributed by atoms with van der Waals surface area (Å²) in [7, 11) is 1.69. The van der Waals surface area contributed by atoms with Crippen LogP contribution in [-0.4, -0.2) is 37.9 Å². The molecule has 0 N–H and O–H groups in total. The highest BCUT2D eigenvalue weighted by atomic mass is 32.1. The monoisotopic (exact) mass is 343 g/mol. The first kappa shape index (κ1) is 15.5. The number of nitrogens with zero attached hydrogens (tertiary/aromatic N) is 5. The van der Waals surface area contributed by atoms with Gasteiger partial charge in [-0.25, -0.2) is 9.97 Å². The topological polar surface area (TPSA) is 55.5 Å². The molecule has 0 amide bonds. The van der Waals surface area contributed by atoms with Crippen LogP contribution in [-0.2, 0) is 25.9 Å². The smallest absolute Gasteiger partial charge is 0.237 e. The molecule has 0 unspecified atom stereocenters. The van der Waals surface area contributed by atoms with E-state index in [1.165, 1.54) is 11.3 Å². The fraction of sp³-hybridized carbons (Fsp3) is 0.471. The van der Waals surface area contributed by atoms with Crippen molar-refractivity contribution >= 4 is 16.3 Å². The van der Waals surface area contributed by atoms with E-state index in [2.05, 4.69) is 37.8 Å². The molecule has 1 aliphatic heterocycles. The zero-order valence-corrected chi connectivity index (χ0v) is 14.8. The molecule has 24 heavy (non-hydrogen) atoms. The van der Waals surface area contributed by atoms with Gasteiger partial charge in [-0.05, 0) is 6.42 Å². The van der Waals surface area contributed by atoms with E-state index in [-0.39, 0.29) is 0 Å². The third-order valence-corrected chi connectivity index (χ3v) is 5.18. The van der Waals surface area contributed by atoms with Gasteiger partial charge in [0.25, 0.3) is 0 Å². The summed E-state index contributed by atoms with van der Waals surface area (Å²) >= 11 is 1.63. The van der Waals surface area contributed by atoms with Gasteiger partial charge in [-0.3, -0.25) is 9.30 Å². The molecule has 0 bridgehead atoms. The maximum absolute atomic E-state index is 5.47. The summed E-state index contributed by atoms with van der Waals surface area (Å²) in [6.07, 6.45) is 7.08.